The van der Waals surface area contributed by atoms with E-state index in [0.29, 0.717) is 26.7 Å². The molecule has 1 amide bonds. The van der Waals surface area contributed by atoms with Gasteiger partial charge >= 0.3 is 0 Å². The number of aromatic nitrogens is 2. The lowest BCUT2D eigenvalue weighted by molar-refractivity contribution is -0.113. The van der Waals surface area contributed by atoms with Crippen molar-refractivity contribution in [3.05, 3.63) is 33.3 Å². The number of fused-ring (bicyclic) bond motifs is 1. The Morgan fingerprint density at radius 2 is 2.38 bits per heavy atom. The lowest BCUT2D eigenvalue weighted by atomic mass is 9.89. The highest BCUT2D eigenvalue weighted by atomic mass is 35.5. The number of hydrogen-bond donors (Lipinski definition) is 1. The molecular formula is C16H15ClN4OS2. The fourth-order valence-corrected chi connectivity index (χ4v) is 4.73. The van der Waals surface area contributed by atoms with E-state index in [1.165, 1.54) is 28.0 Å². The SMILES string of the molecule is C[C@@H]1CCc2c(sc(NC(=O)CSc3ccc(Cl)nn3)c2C#N)C1. The van der Waals surface area contributed by atoms with Crippen molar-refractivity contribution < 1.29 is 4.79 Å². The van der Waals surface area contributed by atoms with Gasteiger partial charge in [-0.1, -0.05) is 30.3 Å². The van der Waals surface area contributed by atoms with E-state index in [-0.39, 0.29) is 11.7 Å². The molecule has 3 rings (SSSR count). The molecule has 1 N–H and O–H groups in total. The number of nitriles is 1. The number of carbonyl (C=O) groups excluding carboxylic acids is 1. The minimum absolute atomic E-state index is 0.153. The summed E-state index contributed by atoms with van der Waals surface area (Å²) in [6, 6.07) is 5.61. The first-order chi connectivity index (χ1) is 11.6. The number of nitrogens with zero attached hydrogens (tertiary/aromatic N) is 3. The quantitative estimate of drug-likeness (QED) is 0.815. The van der Waals surface area contributed by atoms with E-state index in [4.69, 9.17) is 11.6 Å². The van der Waals surface area contributed by atoms with Crippen LogP contribution in [0.4, 0.5) is 5.00 Å². The molecule has 8 heteroatoms. The van der Waals surface area contributed by atoms with Crippen molar-refractivity contribution in [3.8, 4) is 6.07 Å². The molecule has 0 saturated heterocycles. The van der Waals surface area contributed by atoms with Gasteiger partial charge in [-0.2, -0.15) is 5.26 Å². The van der Waals surface area contributed by atoms with Crippen LogP contribution in [-0.2, 0) is 17.6 Å². The highest BCUT2D eigenvalue weighted by Gasteiger charge is 2.24. The zero-order chi connectivity index (χ0) is 17.1. The van der Waals surface area contributed by atoms with E-state index in [1.54, 1.807) is 12.1 Å². The van der Waals surface area contributed by atoms with Crippen molar-refractivity contribution in [2.24, 2.45) is 5.92 Å². The maximum atomic E-state index is 12.2. The van der Waals surface area contributed by atoms with Crippen LogP contribution in [0.5, 0.6) is 0 Å². The van der Waals surface area contributed by atoms with Gasteiger partial charge in [0.1, 0.15) is 16.1 Å². The van der Waals surface area contributed by atoms with Gasteiger partial charge in [0.05, 0.1) is 11.3 Å². The fourth-order valence-electron chi connectivity index (χ4n) is 2.64. The van der Waals surface area contributed by atoms with Gasteiger partial charge in [-0.15, -0.1) is 21.5 Å². The molecule has 0 aliphatic heterocycles. The first kappa shape index (κ1) is 17.2. The third kappa shape index (κ3) is 3.89. The molecule has 2 aromatic rings. The van der Waals surface area contributed by atoms with Crippen molar-refractivity contribution in [2.75, 3.05) is 11.1 Å². The molecule has 0 fully saturated rings. The summed E-state index contributed by atoms with van der Waals surface area (Å²) in [6.45, 7) is 2.22. The van der Waals surface area contributed by atoms with Crippen LogP contribution in [-0.4, -0.2) is 21.9 Å². The zero-order valence-corrected chi connectivity index (χ0v) is 15.4. The van der Waals surface area contributed by atoms with Crippen molar-refractivity contribution in [2.45, 2.75) is 31.2 Å². The number of halogens is 1. The van der Waals surface area contributed by atoms with Crippen LogP contribution in [0.15, 0.2) is 17.2 Å². The summed E-state index contributed by atoms with van der Waals surface area (Å²) in [5.74, 6) is 0.685. The number of rotatable bonds is 4. The van der Waals surface area contributed by atoms with E-state index < -0.39 is 0 Å². The Kier molecular flexibility index (Phi) is 5.39. The van der Waals surface area contributed by atoms with Crippen LogP contribution in [0.3, 0.4) is 0 Å². The van der Waals surface area contributed by atoms with Gasteiger partial charge in [0.2, 0.25) is 5.91 Å². The van der Waals surface area contributed by atoms with E-state index >= 15 is 0 Å². The first-order valence-electron chi connectivity index (χ1n) is 7.53. The van der Waals surface area contributed by atoms with Crippen molar-refractivity contribution in [1.29, 1.82) is 5.26 Å². The molecule has 24 heavy (non-hydrogen) atoms. The van der Waals surface area contributed by atoms with Crippen molar-refractivity contribution in [1.82, 2.24) is 10.2 Å². The molecule has 0 radical (unpaired) electrons. The van der Waals surface area contributed by atoms with E-state index in [1.807, 2.05) is 0 Å². The van der Waals surface area contributed by atoms with Crippen LogP contribution in [0.25, 0.3) is 0 Å². The minimum Gasteiger partial charge on any atom is -0.316 e. The largest absolute Gasteiger partial charge is 0.316 e. The maximum absolute atomic E-state index is 12.2. The first-order valence-corrected chi connectivity index (χ1v) is 9.71. The minimum atomic E-state index is -0.153. The topological polar surface area (TPSA) is 78.7 Å². The van der Waals surface area contributed by atoms with Gasteiger partial charge in [-0.25, -0.2) is 0 Å². The molecule has 0 unspecified atom stereocenters. The summed E-state index contributed by atoms with van der Waals surface area (Å²) in [7, 11) is 0. The highest BCUT2D eigenvalue weighted by molar-refractivity contribution is 7.99. The average molecular weight is 379 g/mol. The summed E-state index contributed by atoms with van der Waals surface area (Å²) in [4.78, 5) is 13.4. The number of hydrogen-bond acceptors (Lipinski definition) is 6. The summed E-state index contributed by atoms with van der Waals surface area (Å²) in [6.07, 6.45) is 3.00. The molecule has 5 nitrogen and oxygen atoms in total. The Bertz CT molecular complexity index is 798. The lowest BCUT2D eigenvalue weighted by Crippen LogP contribution is -2.14. The van der Waals surface area contributed by atoms with E-state index in [2.05, 4.69) is 28.5 Å². The monoisotopic (exact) mass is 378 g/mol. The third-order valence-corrected chi connectivity index (χ3v) is 6.13. The maximum Gasteiger partial charge on any atom is 0.235 e. The molecule has 0 bridgehead atoms. The standard InChI is InChI=1S/C16H15ClN4OS2/c1-9-2-3-10-11(7-18)16(24-12(10)6-9)19-14(22)8-23-15-5-4-13(17)20-21-15/h4-5,9H,2-3,6,8H2,1H3,(H,19,22)/t9-/m1/s1. The number of thioether (sulfide) groups is 1. The zero-order valence-electron chi connectivity index (χ0n) is 13.0. The average Bonchev–Trinajstić information content (AvgIpc) is 2.90. The van der Waals surface area contributed by atoms with Crippen LogP contribution in [0, 0.1) is 17.2 Å². The molecular weight excluding hydrogens is 364 g/mol. The van der Waals surface area contributed by atoms with Crippen LogP contribution >= 0.6 is 34.7 Å². The molecule has 2 heterocycles. The predicted molar refractivity (Wildman–Crippen MR) is 96.6 cm³/mol. The summed E-state index contributed by atoms with van der Waals surface area (Å²) in [5.41, 5.74) is 1.75. The van der Waals surface area contributed by atoms with Gasteiger partial charge < -0.3 is 5.32 Å². The van der Waals surface area contributed by atoms with E-state index in [0.717, 1.165) is 24.8 Å². The molecule has 0 saturated carbocycles. The molecule has 1 atom stereocenters. The van der Waals surface area contributed by atoms with Crippen LogP contribution in [0.2, 0.25) is 5.15 Å². The summed E-state index contributed by atoms with van der Waals surface area (Å²) in [5, 5.41) is 21.6. The molecule has 0 spiro atoms. The lowest BCUT2D eigenvalue weighted by Gasteiger charge is -2.17. The van der Waals surface area contributed by atoms with Crippen LogP contribution in [0.1, 0.15) is 29.3 Å². The van der Waals surface area contributed by atoms with Crippen LogP contribution < -0.4 is 5.32 Å². The second-order valence-corrected chi connectivity index (χ2v) is 8.19. The van der Waals surface area contributed by atoms with Gasteiger partial charge in [0, 0.05) is 4.88 Å². The Morgan fingerprint density at radius 1 is 1.54 bits per heavy atom. The summed E-state index contributed by atoms with van der Waals surface area (Å²) < 4.78 is 0. The van der Waals surface area contributed by atoms with Gasteiger partial charge in [-0.05, 0) is 42.9 Å². The van der Waals surface area contributed by atoms with Gasteiger partial charge in [0.25, 0.3) is 0 Å². The number of amides is 1. The molecule has 124 valence electrons. The Hall–Kier alpha value is -1.62. The van der Waals surface area contributed by atoms with Gasteiger partial charge in [0.15, 0.2) is 5.15 Å². The number of carbonyl (C=O) groups is 1. The summed E-state index contributed by atoms with van der Waals surface area (Å²) >= 11 is 8.50. The Labute approximate surface area is 153 Å². The number of nitrogens with one attached hydrogen (secondary N) is 1. The second-order valence-electron chi connectivity index (χ2n) is 5.70. The Morgan fingerprint density at radius 3 is 3.08 bits per heavy atom. The van der Waals surface area contributed by atoms with E-state index in [9.17, 15) is 10.1 Å². The predicted octanol–water partition coefficient (Wildman–Crippen LogP) is 3.92. The second kappa shape index (κ2) is 7.51. The number of thiophene rings is 1. The number of anilines is 1. The molecule has 0 aromatic carbocycles. The highest BCUT2D eigenvalue weighted by Crippen LogP contribution is 2.39. The molecule has 2 aromatic heterocycles. The third-order valence-electron chi connectivity index (χ3n) is 3.84. The normalized spacial score (nSPS) is 16.3. The smallest absolute Gasteiger partial charge is 0.235 e. The molecule has 1 aliphatic rings. The fraction of sp³-hybridized carbons (Fsp3) is 0.375. The Balaban J connectivity index is 1.66. The van der Waals surface area contributed by atoms with Gasteiger partial charge in [-0.3, -0.25) is 4.79 Å². The van der Waals surface area contributed by atoms with Crippen molar-refractivity contribution in [3.63, 3.8) is 0 Å². The van der Waals surface area contributed by atoms with Crippen molar-refractivity contribution >= 4 is 45.6 Å². The molecule has 1 aliphatic carbocycles.